The van der Waals surface area contributed by atoms with Crippen LogP contribution in [0.4, 0.5) is 11.4 Å². The summed E-state index contributed by atoms with van der Waals surface area (Å²) in [6.45, 7) is 2.25. The molecule has 2 aromatic carbocycles. The first-order chi connectivity index (χ1) is 15.4. The summed E-state index contributed by atoms with van der Waals surface area (Å²) in [6, 6.07) is 11.1. The maximum atomic E-state index is 11.1. The van der Waals surface area contributed by atoms with Crippen molar-refractivity contribution in [2.45, 2.75) is 30.7 Å². The zero-order valence-corrected chi connectivity index (χ0v) is 18.6. The van der Waals surface area contributed by atoms with E-state index in [1.165, 1.54) is 41.3 Å². The summed E-state index contributed by atoms with van der Waals surface area (Å²) in [5.74, 6) is -1.21. The number of rotatable bonds is 4. The summed E-state index contributed by atoms with van der Waals surface area (Å²) >= 11 is 0. The van der Waals surface area contributed by atoms with Crippen molar-refractivity contribution >= 4 is 33.4 Å². The van der Waals surface area contributed by atoms with E-state index in [9.17, 15) is 28.1 Å². The Bertz CT molecular complexity index is 1060. The molecule has 0 spiro atoms. The molecule has 1 fully saturated rings. The summed E-state index contributed by atoms with van der Waals surface area (Å²) in [5, 5.41) is 18.8. The first kappa shape index (κ1) is 27.5. The number of aliphatic carboxylic acids is 1. The predicted molar refractivity (Wildman–Crippen MR) is 120 cm³/mol. The van der Waals surface area contributed by atoms with Crippen LogP contribution in [-0.2, 0) is 19.7 Å². The van der Waals surface area contributed by atoms with Crippen LogP contribution in [0.5, 0.6) is 0 Å². The van der Waals surface area contributed by atoms with Crippen molar-refractivity contribution in [2.24, 2.45) is 5.73 Å². The third-order valence-electron chi connectivity index (χ3n) is 4.46. The van der Waals surface area contributed by atoms with Crippen molar-refractivity contribution in [3.05, 3.63) is 64.2 Å². The quantitative estimate of drug-likeness (QED) is 0.213. The molecule has 0 aliphatic carbocycles. The highest BCUT2D eigenvalue weighted by molar-refractivity contribution is 7.85. The van der Waals surface area contributed by atoms with E-state index in [4.69, 9.17) is 21.1 Å². The predicted octanol–water partition coefficient (Wildman–Crippen LogP) is 1.44. The number of amides is 1. The van der Waals surface area contributed by atoms with Gasteiger partial charge in [-0.3, -0.25) is 19.5 Å². The number of nitrogen functional groups attached to an aromatic ring is 1. The van der Waals surface area contributed by atoms with E-state index in [0.717, 1.165) is 12.0 Å². The van der Waals surface area contributed by atoms with Gasteiger partial charge in [-0.2, -0.15) is 8.42 Å². The van der Waals surface area contributed by atoms with Crippen LogP contribution >= 0.6 is 0 Å². The van der Waals surface area contributed by atoms with Crippen molar-refractivity contribution in [3.8, 4) is 0 Å². The number of anilines is 1. The molecule has 0 radical (unpaired) electrons. The zero-order chi connectivity index (χ0) is 25.2. The van der Waals surface area contributed by atoms with Gasteiger partial charge < -0.3 is 21.5 Å². The summed E-state index contributed by atoms with van der Waals surface area (Å²) in [4.78, 5) is 32.6. The Morgan fingerprint density at radius 1 is 1.15 bits per heavy atom. The summed E-state index contributed by atoms with van der Waals surface area (Å²) in [6.07, 6.45) is 1.30. The number of carboxylic acid groups (broad SMARTS) is 1. The summed E-state index contributed by atoms with van der Waals surface area (Å²) in [5.41, 5.74) is 12.0. The molecule has 0 bridgehead atoms. The van der Waals surface area contributed by atoms with Gasteiger partial charge in [0, 0.05) is 24.4 Å². The van der Waals surface area contributed by atoms with Gasteiger partial charge in [-0.15, -0.1) is 0 Å². The number of nitro benzene ring substituents is 1. The number of non-ortho nitro benzene ring substituents is 1. The normalized spacial score (nSPS) is 14.9. The van der Waals surface area contributed by atoms with Gasteiger partial charge in [-0.05, 0) is 44.0 Å². The minimum Gasteiger partial charge on any atom is -0.480 e. The molecule has 1 saturated heterocycles. The second-order valence-corrected chi connectivity index (χ2v) is 8.35. The number of hydrogen-bond acceptors (Lipinski definition) is 8. The van der Waals surface area contributed by atoms with Crippen LogP contribution in [0.15, 0.2) is 53.4 Å². The maximum absolute atomic E-state index is 11.1. The first-order valence-electron chi connectivity index (χ1n) is 9.63. The molecule has 2 aromatic rings. The van der Waals surface area contributed by atoms with Crippen LogP contribution in [-0.4, -0.2) is 58.9 Å². The van der Waals surface area contributed by atoms with Crippen molar-refractivity contribution in [3.63, 3.8) is 0 Å². The van der Waals surface area contributed by atoms with E-state index in [2.05, 4.69) is 0 Å². The minimum atomic E-state index is -4.02. The van der Waals surface area contributed by atoms with Gasteiger partial charge in [0.05, 0.1) is 16.4 Å². The van der Waals surface area contributed by atoms with Crippen molar-refractivity contribution < 1.29 is 32.6 Å². The Morgan fingerprint density at radius 3 is 2.12 bits per heavy atom. The van der Waals surface area contributed by atoms with E-state index in [1.807, 2.05) is 6.92 Å². The fraction of sp³-hybridized carbons (Fsp3) is 0.300. The molecule has 1 aliphatic rings. The average molecular weight is 483 g/mol. The van der Waals surface area contributed by atoms with E-state index < -0.39 is 27.1 Å². The molecule has 0 unspecified atom stereocenters. The Labute approximate surface area is 190 Å². The molecule has 12 nitrogen and oxygen atoms in total. The molecule has 180 valence electrons. The number of nitrogens with two attached hydrogens (primary N) is 2. The van der Waals surface area contributed by atoms with Gasteiger partial charge in [0.15, 0.2) is 0 Å². The number of nitro groups is 1. The monoisotopic (exact) mass is 482 g/mol. The number of carbonyl (C=O) groups excluding carboxylic acids is 1. The highest BCUT2D eigenvalue weighted by Crippen LogP contribution is 2.17. The number of aryl methyl sites for hydroxylation is 1. The highest BCUT2D eigenvalue weighted by atomic mass is 32.2. The van der Waals surface area contributed by atoms with Crippen LogP contribution < -0.4 is 11.5 Å². The molecular formula is C20H26N4O8S. The van der Waals surface area contributed by atoms with Gasteiger partial charge in [-0.1, -0.05) is 17.7 Å². The van der Waals surface area contributed by atoms with Crippen molar-refractivity contribution in [2.75, 3.05) is 18.8 Å². The lowest BCUT2D eigenvalue weighted by atomic mass is 10.2. The van der Waals surface area contributed by atoms with Crippen molar-refractivity contribution in [1.29, 1.82) is 0 Å². The average Bonchev–Trinajstić information content (AvgIpc) is 3.24. The van der Waals surface area contributed by atoms with Gasteiger partial charge >= 0.3 is 5.97 Å². The van der Waals surface area contributed by atoms with E-state index in [-0.39, 0.29) is 23.0 Å². The van der Waals surface area contributed by atoms with E-state index >= 15 is 0 Å². The lowest BCUT2D eigenvalue weighted by Gasteiger charge is -2.20. The molecule has 6 N–H and O–H groups in total. The summed E-state index contributed by atoms with van der Waals surface area (Å²) in [7, 11) is -4.02. The Kier molecular flexibility index (Phi) is 10.4. The first-order valence-corrected chi connectivity index (χ1v) is 11.1. The number of carbonyl (C=O) groups is 2. The van der Waals surface area contributed by atoms with Crippen molar-refractivity contribution in [1.82, 2.24) is 4.90 Å². The number of hydrogen-bond donors (Lipinski definition) is 4. The lowest BCUT2D eigenvalue weighted by molar-refractivity contribution is -0.384. The Hall–Kier alpha value is -3.55. The molecule has 1 amide bonds. The van der Waals surface area contributed by atoms with Gasteiger partial charge in [0.1, 0.15) is 6.04 Å². The van der Waals surface area contributed by atoms with Crippen LogP contribution in [0, 0.1) is 17.0 Å². The third-order valence-corrected chi connectivity index (χ3v) is 5.32. The van der Waals surface area contributed by atoms with Gasteiger partial charge in [0.2, 0.25) is 5.91 Å². The zero-order valence-electron chi connectivity index (χ0n) is 17.8. The topological polar surface area (TPSA) is 207 Å². The maximum Gasteiger partial charge on any atom is 0.326 e. The third kappa shape index (κ3) is 9.22. The number of likely N-dealkylation sites (tertiary alicyclic amines) is 1. The minimum absolute atomic E-state index is 0.0641. The fourth-order valence-corrected chi connectivity index (χ4v) is 3.23. The number of carboxylic acids is 1. The second kappa shape index (κ2) is 12.5. The molecule has 3 rings (SSSR count). The number of benzene rings is 2. The molecular weight excluding hydrogens is 456 g/mol. The van der Waals surface area contributed by atoms with E-state index in [1.54, 1.807) is 12.1 Å². The van der Waals surface area contributed by atoms with Crippen LogP contribution in [0.2, 0.25) is 0 Å². The molecule has 13 heteroatoms. The molecule has 0 saturated carbocycles. The van der Waals surface area contributed by atoms with Crippen LogP contribution in [0.3, 0.4) is 0 Å². The Balaban J connectivity index is 0.000000249. The second-order valence-electron chi connectivity index (χ2n) is 6.92. The molecule has 1 atom stereocenters. The largest absolute Gasteiger partial charge is 0.480 e. The summed E-state index contributed by atoms with van der Waals surface area (Å²) < 4.78 is 29.6. The van der Waals surface area contributed by atoms with E-state index in [0.29, 0.717) is 18.7 Å². The molecule has 33 heavy (non-hydrogen) atoms. The van der Waals surface area contributed by atoms with Crippen LogP contribution in [0.1, 0.15) is 18.4 Å². The lowest BCUT2D eigenvalue weighted by Crippen LogP contribution is -2.43. The molecule has 1 heterocycles. The Morgan fingerprint density at radius 2 is 1.70 bits per heavy atom. The molecule has 0 aromatic heterocycles. The van der Waals surface area contributed by atoms with Gasteiger partial charge in [-0.25, -0.2) is 4.79 Å². The number of nitrogens with zero attached hydrogens (tertiary/aromatic N) is 2. The van der Waals surface area contributed by atoms with Gasteiger partial charge in [0.25, 0.3) is 15.8 Å². The SMILES string of the molecule is Cc1ccc(S(=O)(=O)O)cc1.NCC(=O)N1CCC[C@H]1C(=O)O.Nc1ccc([N+](=O)[O-])cc1. The fourth-order valence-electron chi connectivity index (χ4n) is 2.75. The molecule has 1 aliphatic heterocycles. The van der Waals surface area contributed by atoms with Crippen LogP contribution in [0.25, 0.3) is 0 Å². The smallest absolute Gasteiger partial charge is 0.326 e. The standard InChI is InChI=1S/C7H12N2O3.C7H8O3S.C6H6N2O2/c8-4-6(10)9-3-1-2-5(9)7(11)12;1-6-2-4-7(5-3-6)11(8,9)10;7-5-1-3-6(4-2-5)8(9)10/h5H,1-4,8H2,(H,11,12);2-5H,1H3,(H,8,9,10);1-4H,7H2/t5-;;/m0../s1. The highest BCUT2D eigenvalue weighted by Gasteiger charge is 2.32.